The van der Waals surface area contributed by atoms with E-state index in [-0.39, 0.29) is 5.92 Å². The van der Waals surface area contributed by atoms with Gasteiger partial charge < -0.3 is 15.6 Å². The van der Waals surface area contributed by atoms with Crippen molar-refractivity contribution < 1.29 is 9.84 Å². The zero-order valence-electron chi connectivity index (χ0n) is 10.3. The molecule has 1 rings (SSSR count). The lowest BCUT2D eigenvalue weighted by Crippen LogP contribution is -2.22. The lowest BCUT2D eigenvalue weighted by Gasteiger charge is -2.23. The van der Waals surface area contributed by atoms with E-state index in [1.807, 2.05) is 0 Å². The Balaban J connectivity index is 2.99. The van der Waals surface area contributed by atoms with Gasteiger partial charge in [-0.05, 0) is 31.2 Å². The Hall–Kier alpha value is -0.770. The van der Waals surface area contributed by atoms with Crippen molar-refractivity contribution in [2.75, 3.05) is 13.7 Å². The Kier molecular flexibility index (Phi) is 5.75. The molecule has 0 radical (unpaired) electrons. The minimum absolute atomic E-state index is 0.0346. The molecule has 3 N–H and O–H groups in total. The molecule has 0 aromatic heterocycles. The predicted molar refractivity (Wildman–Crippen MR) is 70.4 cm³/mol. The maximum atomic E-state index is 10.3. The standard InChI is InChI=1S/C13H20ClNO2/c1-3-4-9(8-15)13(16)11-7-10(14)5-6-12(11)17-2/h5-7,9,13,16H,3-4,8,15H2,1-2H3. The number of methoxy groups -OCH3 is 1. The highest BCUT2D eigenvalue weighted by Gasteiger charge is 2.22. The molecular weight excluding hydrogens is 238 g/mol. The summed E-state index contributed by atoms with van der Waals surface area (Å²) in [6.07, 6.45) is 1.24. The molecule has 0 spiro atoms. The molecular formula is C13H20ClNO2. The zero-order chi connectivity index (χ0) is 12.8. The maximum Gasteiger partial charge on any atom is 0.124 e. The summed E-state index contributed by atoms with van der Waals surface area (Å²) in [5.74, 6) is 0.684. The van der Waals surface area contributed by atoms with Gasteiger partial charge in [-0.2, -0.15) is 0 Å². The van der Waals surface area contributed by atoms with Gasteiger partial charge in [0, 0.05) is 16.5 Å². The third-order valence-electron chi connectivity index (χ3n) is 2.92. The first-order valence-electron chi connectivity index (χ1n) is 5.85. The Morgan fingerprint density at radius 1 is 1.47 bits per heavy atom. The van der Waals surface area contributed by atoms with Gasteiger partial charge in [-0.25, -0.2) is 0 Å². The minimum atomic E-state index is -0.631. The first-order chi connectivity index (χ1) is 8.13. The van der Waals surface area contributed by atoms with E-state index in [0.29, 0.717) is 22.9 Å². The largest absolute Gasteiger partial charge is 0.496 e. The summed E-state index contributed by atoms with van der Waals surface area (Å²) >= 11 is 5.94. The molecule has 0 aliphatic rings. The number of aliphatic hydroxyl groups is 1. The highest BCUT2D eigenvalue weighted by atomic mass is 35.5. The first kappa shape index (κ1) is 14.3. The summed E-state index contributed by atoms with van der Waals surface area (Å²) in [6.45, 7) is 2.52. The van der Waals surface area contributed by atoms with Crippen molar-refractivity contribution in [3.05, 3.63) is 28.8 Å². The molecule has 0 aliphatic carbocycles. The van der Waals surface area contributed by atoms with Crippen LogP contribution in [0.2, 0.25) is 5.02 Å². The van der Waals surface area contributed by atoms with E-state index in [2.05, 4.69) is 6.92 Å². The lowest BCUT2D eigenvalue weighted by molar-refractivity contribution is 0.104. The highest BCUT2D eigenvalue weighted by Crippen LogP contribution is 2.33. The molecule has 0 amide bonds. The van der Waals surface area contributed by atoms with Gasteiger partial charge in [0.15, 0.2) is 0 Å². The second kappa shape index (κ2) is 6.84. The van der Waals surface area contributed by atoms with Crippen LogP contribution in [-0.2, 0) is 0 Å². The van der Waals surface area contributed by atoms with Gasteiger partial charge in [0.05, 0.1) is 13.2 Å². The van der Waals surface area contributed by atoms with E-state index in [1.54, 1.807) is 25.3 Å². The molecule has 0 heterocycles. The van der Waals surface area contributed by atoms with Crippen LogP contribution in [0.5, 0.6) is 5.75 Å². The second-order valence-corrected chi connectivity index (χ2v) is 4.55. The van der Waals surface area contributed by atoms with Gasteiger partial charge in [-0.3, -0.25) is 0 Å². The van der Waals surface area contributed by atoms with Gasteiger partial charge in [0.25, 0.3) is 0 Å². The fourth-order valence-electron chi connectivity index (χ4n) is 1.97. The average molecular weight is 258 g/mol. The third-order valence-corrected chi connectivity index (χ3v) is 3.15. The summed E-state index contributed by atoms with van der Waals surface area (Å²) in [5, 5.41) is 10.9. The SMILES string of the molecule is CCCC(CN)C(O)c1cc(Cl)ccc1OC. The van der Waals surface area contributed by atoms with Crippen molar-refractivity contribution >= 4 is 11.6 Å². The Labute approximate surface area is 108 Å². The van der Waals surface area contributed by atoms with Crippen LogP contribution in [0.4, 0.5) is 0 Å². The Bertz CT molecular complexity index is 357. The van der Waals surface area contributed by atoms with Gasteiger partial charge >= 0.3 is 0 Å². The van der Waals surface area contributed by atoms with Gasteiger partial charge in [-0.15, -0.1) is 0 Å². The predicted octanol–water partition coefficient (Wildman–Crippen LogP) is 2.76. The van der Waals surface area contributed by atoms with E-state index in [0.717, 1.165) is 12.8 Å². The van der Waals surface area contributed by atoms with Gasteiger partial charge in [0.1, 0.15) is 5.75 Å². The first-order valence-corrected chi connectivity index (χ1v) is 6.23. The van der Waals surface area contributed by atoms with Crippen LogP contribution >= 0.6 is 11.6 Å². The average Bonchev–Trinajstić information content (AvgIpc) is 2.35. The maximum absolute atomic E-state index is 10.3. The molecule has 0 aliphatic heterocycles. The van der Waals surface area contributed by atoms with E-state index in [1.165, 1.54) is 0 Å². The van der Waals surface area contributed by atoms with E-state index >= 15 is 0 Å². The van der Waals surface area contributed by atoms with Crippen molar-refractivity contribution in [2.45, 2.75) is 25.9 Å². The normalized spacial score (nSPS) is 14.4. The molecule has 0 fully saturated rings. The number of benzene rings is 1. The lowest BCUT2D eigenvalue weighted by atomic mass is 9.91. The molecule has 3 nitrogen and oxygen atoms in total. The number of ether oxygens (including phenoxy) is 1. The van der Waals surface area contributed by atoms with E-state index in [9.17, 15) is 5.11 Å². The van der Waals surface area contributed by atoms with Crippen LogP contribution in [0.3, 0.4) is 0 Å². The van der Waals surface area contributed by atoms with Crippen molar-refractivity contribution in [3.8, 4) is 5.75 Å². The molecule has 0 saturated carbocycles. The summed E-state index contributed by atoms with van der Waals surface area (Å²) in [6, 6.07) is 5.25. The summed E-state index contributed by atoms with van der Waals surface area (Å²) in [4.78, 5) is 0. The smallest absolute Gasteiger partial charge is 0.124 e. The summed E-state index contributed by atoms with van der Waals surface area (Å²) in [7, 11) is 1.58. The molecule has 0 bridgehead atoms. The van der Waals surface area contributed by atoms with Crippen LogP contribution < -0.4 is 10.5 Å². The monoisotopic (exact) mass is 257 g/mol. The van der Waals surface area contributed by atoms with E-state index in [4.69, 9.17) is 22.1 Å². The van der Waals surface area contributed by atoms with Crippen LogP contribution in [-0.4, -0.2) is 18.8 Å². The molecule has 96 valence electrons. The fraction of sp³-hybridized carbons (Fsp3) is 0.538. The number of nitrogens with two attached hydrogens (primary N) is 1. The molecule has 0 saturated heterocycles. The zero-order valence-corrected chi connectivity index (χ0v) is 11.1. The molecule has 2 unspecified atom stereocenters. The summed E-state index contributed by atoms with van der Waals surface area (Å²) in [5.41, 5.74) is 6.40. The summed E-state index contributed by atoms with van der Waals surface area (Å²) < 4.78 is 5.23. The van der Waals surface area contributed by atoms with Gasteiger partial charge in [-0.1, -0.05) is 24.9 Å². The molecule has 2 atom stereocenters. The van der Waals surface area contributed by atoms with Gasteiger partial charge in [0.2, 0.25) is 0 Å². The Morgan fingerprint density at radius 3 is 2.71 bits per heavy atom. The second-order valence-electron chi connectivity index (χ2n) is 4.12. The quantitative estimate of drug-likeness (QED) is 0.824. The number of hydrogen-bond donors (Lipinski definition) is 2. The minimum Gasteiger partial charge on any atom is -0.496 e. The molecule has 17 heavy (non-hydrogen) atoms. The number of rotatable bonds is 6. The van der Waals surface area contributed by atoms with Crippen molar-refractivity contribution in [2.24, 2.45) is 11.7 Å². The fourth-order valence-corrected chi connectivity index (χ4v) is 2.15. The van der Waals surface area contributed by atoms with Crippen LogP contribution in [0, 0.1) is 5.92 Å². The number of aliphatic hydroxyl groups excluding tert-OH is 1. The highest BCUT2D eigenvalue weighted by molar-refractivity contribution is 6.30. The number of hydrogen-bond acceptors (Lipinski definition) is 3. The van der Waals surface area contributed by atoms with Crippen molar-refractivity contribution in [1.82, 2.24) is 0 Å². The van der Waals surface area contributed by atoms with Crippen LogP contribution in [0.1, 0.15) is 31.4 Å². The third kappa shape index (κ3) is 3.60. The topological polar surface area (TPSA) is 55.5 Å². The van der Waals surface area contributed by atoms with Crippen LogP contribution in [0.15, 0.2) is 18.2 Å². The molecule has 1 aromatic carbocycles. The van der Waals surface area contributed by atoms with E-state index < -0.39 is 6.10 Å². The number of halogens is 1. The van der Waals surface area contributed by atoms with Crippen LogP contribution in [0.25, 0.3) is 0 Å². The van der Waals surface area contributed by atoms with Crippen molar-refractivity contribution in [3.63, 3.8) is 0 Å². The Morgan fingerprint density at radius 2 is 2.18 bits per heavy atom. The molecule has 1 aromatic rings. The molecule has 4 heteroatoms. The van der Waals surface area contributed by atoms with Crippen molar-refractivity contribution in [1.29, 1.82) is 0 Å².